The summed E-state index contributed by atoms with van der Waals surface area (Å²) in [6.45, 7) is 2.05. The lowest BCUT2D eigenvalue weighted by Crippen LogP contribution is -2.27. The Bertz CT molecular complexity index is 537. The molecule has 2 aromatic rings. The number of rotatable bonds is 4. The third-order valence-corrected chi connectivity index (χ3v) is 2.64. The molecule has 2 N–H and O–H groups in total. The van der Waals surface area contributed by atoms with Crippen LogP contribution in [0, 0.1) is 12.7 Å². The third-order valence-electron chi connectivity index (χ3n) is 2.64. The van der Waals surface area contributed by atoms with E-state index in [1.165, 1.54) is 6.07 Å². The molecule has 1 heterocycles. The number of hydrogen-bond acceptors (Lipinski definition) is 2. The summed E-state index contributed by atoms with van der Waals surface area (Å²) in [4.78, 5) is 18.7. The fourth-order valence-electron chi connectivity index (χ4n) is 1.65. The second-order valence-electron chi connectivity index (χ2n) is 3.98. The minimum Gasteiger partial charge on any atom is -0.351 e. The normalized spacial score (nSPS) is 10.3. The van der Waals surface area contributed by atoms with E-state index in [0.29, 0.717) is 18.5 Å². The van der Waals surface area contributed by atoms with Gasteiger partial charge in [-0.3, -0.25) is 4.79 Å². The number of H-pyrrole nitrogens is 1. The zero-order valence-corrected chi connectivity index (χ0v) is 10.0. The quantitative estimate of drug-likeness (QED) is 0.866. The van der Waals surface area contributed by atoms with Gasteiger partial charge in [-0.25, -0.2) is 9.37 Å². The van der Waals surface area contributed by atoms with Gasteiger partial charge in [-0.15, -0.1) is 0 Å². The summed E-state index contributed by atoms with van der Waals surface area (Å²) in [6, 6.07) is 4.78. The number of aryl methyl sites for hydroxylation is 1. The summed E-state index contributed by atoms with van der Waals surface area (Å²) in [7, 11) is 0. The Hall–Kier alpha value is -2.17. The molecule has 1 amide bonds. The Morgan fingerprint density at radius 1 is 1.50 bits per heavy atom. The number of carbonyl (C=O) groups excluding carboxylic acids is 1. The Labute approximate surface area is 104 Å². The highest BCUT2D eigenvalue weighted by Gasteiger charge is 2.12. The van der Waals surface area contributed by atoms with Gasteiger partial charge < -0.3 is 10.3 Å². The zero-order chi connectivity index (χ0) is 13.0. The van der Waals surface area contributed by atoms with Crippen molar-refractivity contribution in [1.29, 1.82) is 0 Å². The molecule has 2 rings (SSSR count). The Balaban J connectivity index is 1.93. The topological polar surface area (TPSA) is 57.8 Å². The number of imidazole rings is 1. The van der Waals surface area contributed by atoms with Crippen LogP contribution in [0.2, 0.25) is 0 Å². The van der Waals surface area contributed by atoms with Gasteiger partial charge in [0.05, 0.1) is 5.56 Å². The number of nitrogens with one attached hydrogen (secondary N) is 2. The second kappa shape index (κ2) is 5.44. The van der Waals surface area contributed by atoms with E-state index in [4.69, 9.17) is 0 Å². The molecule has 4 nitrogen and oxygen atoms in total. The first-order valence-corrected chi connectivity index (χ1v) is 5.70. The molecular formula is C13H14FN3O. The van der Waals surface area contributed by atoms with Crippen LogP contribution < -0.4 is 5.32 Å². The van der Waals surface area contributed by atoms with Gasteiger partial charge in [0.1, 0.15) is 11.6 Å². The number of hydrogen-bond donors (Lipinski definition) is 2. The first-order chi connectivity index (χ1) is 8.68. The first kappa shape index (κ1) is 12.3. The second-order valence-corrected chi connectivity index (χ2v) is 3.98. The number of aromatic amines is 1. The minimum absolute atomic E-state index is 0.0782. The van der Waals surface area contributed by atoms with Crippen LogP contribution in [0.25, 0.3) is 0 Å². The van der Waals surface area contributed by atoms with Crippen LogP contribution >= 0.6 is 0 Å². The maximum atomic E-state index is 13.7. The molecular weight excluding hydrogens is 233 g/mol. The van der Waals surface area contributed by atoms with Crippen molar-refractivity contribution in [3.8, 4) is 0 Å². The van der Waals surface area contributed by atoms with E-state index in [-0.39, 0.29) is 5.56 Å². The van der Waals surface area contributed by atoms with E-state index in [0.717, 1.165) is 5.82 Å². The van der Waals surface area contributed by atoms with E-state index in [9.17, 15) is 9.18 Å². The van der Waals surface area contributed by atoms with Crippen molar-refractivity contribution in [2.45, 2.75) is 13.3 Å². The van der Waals surface area contributed by atoms with E-state index >= 15 is 0 Å². The summed E-state index contributed by atoms with van der Waals surface area (Å²) >= 11 is 0. The Morgan fingerprint density at radius 3 is 3.06 bits per heavy atom. The van der Waals surface area contributed by atoms with Crippen LogP contribution in [0.15, 0.2) is 30.6 Å². The first-order valence-electron chi connectivity index (χ1n) is 5.70. The predicted molar refractivity (Wildman–Crippen MR) is 65.8 cm³/mol. The molecule has 18 heavy (non-hydrogen) atoms. The number of nitrogens with zero attached hydrogens (tertiary/aromatic N) is 1. The average Bonchev–Trinajstić information content (AvgIpc) is 2.85. The molecule has 1 aromatic carbocycles. The van der Waals surface area contributed by atoms with Crippen LogP contribution in [0.1, 0.15) is 21.7 Å². The van der Waals surface area contributed by atoms with Crippen molar-refractivity contribution in [2.24, 2.45) is 0 Å². The van der Waals surface area contributed by atoms with Gasteiger partial charge in [-0.2, -0.15) is 0 Å². The molecule has 0 unspecified atom stereocenters. The molecule has 94 valence electrons. The standard InChI is InChI=1S/C13H14FN3O/c1-9-3-2-4-10(12(9)14)13(18)17-6-5-11-15-7-8-16-11/h2-4,7-8H,5-6H2,1H3,(H,15,16)(H,17,18). The summed E-state index contributed by atoms with van der Waals surface area (Å²) < 4.78 is 13.7. The van der Waals surface area contributed by atoms with Crippen LogP contribution in [0.3, 0.4) is 0 Å². The molecule has 0 aliphatic carbocycles. The lowest BCUT2D eigenvalue weighted by molar-refractivity contribution is 0.0950. The number of amides is 1. The third kappa shape index (κ3) is 2.74. The SMILES string of the molecule is Cc1cccc(C(=O)NCCc2ncc[nH]2)c1F. The van der Waals surface area contributed by atoms with Crippen molar-refractivity contribution < 1.29 is 9.18 Å². The lowest BCUT2D eigenvalue weighted by Gasteiger charge is -2.06. The minimum atomic E-state index is -0.465. The zero-order valence-electron chi connectivity index (χ0n) is 10.0. The average molecular weight is 247 g/mol. The molecule has 0 bridgehead atoms. The summed E-state index contributed by atoms with van der Waals surface area (Å²) in [5, 5.41) is 2.67. The molecule has 0 radical (unpaired) electrons. The maximum Gasteiger partial charge on any atom is 0.254 e. The molecule has 1 aromatic heterocycles. The van der Waals surface area contributed by atoms with Gasteiger partial charge in [-0.1, -0.05) is 12.1 Å². The van der Waals surface area contributed by atoms with Crippen molar-refractivity contribution in [2.75, 3.05) is 6.54 Å². The Kier molecular flexibility index (Phi) is 3.72. The molecule has 0 aliphatic rings. The summed E-state index contributed by atoms with van der Waals surface area (Å²) in [6.07, 6.45) is 3.96. The monoisotopic (exact) mass is 247 g/mol. The number of halogens is 1. The highest BCUT2D eigenvalue weighted by atomic mass is 19.1. The highest BCUT2D eigenvalue weighted by Crippen LogP contribution is 2.11. The van der Waals surface area contributed by atoms with E-state index in [1.807, 2.05) is 0 Å². The molecule has 0 spiro atoms. The van der Waals surface area contributed by atoms with Gasteiger partial charge in [0, 0.05) is 25.4 Å². The van der Waals surface area contributed by atoms with E-state index in [2.05, 4.69) is 15.3 Å². The molecule has 0 fully saturated rings. The van der Waals surface area contributed by atoms with Gasteiger partial charge in [0.2, 0.25) is 0 Å². The van der Waals surface area contributed by atoms with Gasteiger partial charge in [0.25, 0.3) is 5.91 Å². The smallest absolute Gasteiger partial charge is 0.254 e. The molecule has 0 saturated heterocycles. The molecule has 0 atom stereocenters. The van der Waals surface area contributed by atoms with Gasteiger partial charge in [0.15, 0.2) is 0 Å². The van der Waals surface area contributed by atoms with E-state index in [1.54, 1.807) is 31.5 Å². The van der Waals surface area contributed by atoms with Gasteiger partial charge in [-0.05, 0) is 18.6 Å². The highest BCUT2D eigenvalue weighted by molar-refractivity contribution is 5.94. The van der Waals surface area contributed by atoms with Gasteiger partial charge >= 0.3 is 0 Å². The molecule has 0 aliphatic heterocycles. The number of carbonyl (C=O) groups is 1. The molecule has 0 saturated carbocycles. The predicted octanol–water partition coefficient (Wildman–Crippen LogP) is 1.83. The van der Waals surface area contributed by atoms with Crippen LogP contribution in [-0.2, 0) is 6.42 Å². The van der Waals surface area contributed by atoms with Crippen molar-refractivity contribution in [1.82, 2.24) is 15.3 Å². The van der Waals surface area contributed by atoms with Crippen molar-refractivity contribution >= 4 is 5.91 Å². The van der Waals surface area contributed by atoms with Crippen molar-refractivity contribution in [3.63, 3.8) is 0 Å². The fraction of sp³-hybridized carbons (Fsp3) is 0.231. The van der Waals surface area contributed by atoms with Crippen LogP contribution in [0.5, 0.6) is 0 Å². The lowest BCUT2D eigenvalue weighted by atomic mass is 10.1. The Morgan fingerprint density at radius 2 is 2.33 bits per heavy atom. The maximum absolute atomic E-state index is 13.7. The summed E-state index contributed by atoms with van der Waals surface area (Å²) in [5.74, 6) is -0.0734. The largest absolute Gasteiger partial charge is 0.351 e. The fourth-order valence-corrected chi connectivity index (χ4v) is 1.65. The number of aromatic nitrogens is 2. The molecule has 5 heteroatoms. The number of benzene rings is 1. The summed E-state index contributed by atoms with van der Waals surface area (Å²) in [5.41, 5.74) is 0.545. The van der Waals surface area contributed by atoms with Crippen LogP contribution in [-0.4, -0.2) is 22.4 Å². The van der Waals surface area contributed by atoms with Crippen LogP contribution in [0.4, 0.5) is 4.39 Å². The van der Waals surface area contributed by atoms with Crippen molar-refractivity contribution in [3.05, 3.63) is 53.4 Å². The van der Waals surface area contributed by atoms with E-state index < -0.39 is 11.7 Å².